The Bertz CT molecular complexity index is 407. The van der Waals surface area contributed by atoms with Crippen LogP contribution in [0.25, 0.3) is 0 Å². The summed E-state index contributed by atoms with van der Waals surface area (Å²) in [5, 5.41) is 4.50. The SMILES string of the molecule is Cn1ncc(Cl)c1C(=O)C1CCC(C)(C)CC1. The molecule has 4 heteroatoms. The Hall–Kier alpha value is -0.830. The Balaban J connectivity index is 2.12. The molecule has 0 aliphatic heterocycles. The van der Waals surface area contributed by atoms with E-state index < -0.39 is 0 Å². The Kier molecular flexibility index (Phi) is 3.30. The molecule has 0 radical (unpaired) electrons. The molecule has 0 spiro atoms. The van der Waals surface area contributed by atoms with Gasteiger partial charge in [0.15, 0.2) is 5.78 Å². The van der Waals surface area contributed by atoms with Crippen molar-refractivity contribution in [2.45, 2.75) is 39.5 Å². The minimum Gasteiger partial charge on any atom is -0.292 e. The molecule has 1 fully saturated rings. The lowest BCUT2D eigenvalue weighted by molar-refractivity contribution is 0.0828. The van der Waals surface area contributed by atoms with Gasteiger partial charge in [0.05, 0.1) is 11.2 Å². The van der Waals surface area contributed by atoms with Crippen LogP contribution in [-0.4, -0.2) is 15.6 Å². The maximum Gasteiger partial charge on any atom is 0.185 e. The molecule has 1 aromatic heterocycles. The number of hydrogen-bond acceptors (Lipinski definition) is 2. The summed E-state index contributed by atoms with van der Waals surface area (Å²) in [6.07, 6.45) is 5.69. The van der Waals surface area contributed by atoms with E-state index in [0.717, 1.165) is 25.7 Å². The summed E-state index contributed by atoms with van der Waals surface area (Å²) >= 11 is 6.01. The zero-order chi connectivity index (χ0) is 12.6. The predicted octanol–water partition coefficient (Wildman–Crippen LogP) is 3.47. The number of halogens is 1. The molecule has 0 amide bonds. The van der Waals surface area contributed by atoms with Crippen LogP contribution in [0.2, 0.25) is 5.02 Å². The van der Waals surface area contributed by atoms with E-state index in [4.69, 9.17) is 11.6 Å². The van der Waals surface area contributed by atoms with E-state index in [1.165, 1.54) is 0 Å². The molecule has 17 heavy (non-hydrogen) atoms. The number of aryl methyl sites for hydroxylation is 1. The number of carbonyl (C=O) groups excluding carboxylic acids is 1. The van der Waals surface area contributed by atoms with Crippen LogP contribution < -0.4 is 0 Å². The summed E-state index contributed by atoms with van der Waals surface area (Å²) in [6, 6.07) is 0. The van der Waals surface area contributed by atoms with E-state index in [0.29, 0.717) is 16.1 Å². The summed E-state index contributed by atoms with van der Waals surface area (Å²) in [5.41, 5.74) is 0.948. The number of nitrogens with zero attached hydrogens (tertiary/aromatic N) is 2. The van der Waals surface area contributed by atoms with Crippen molar-refractivity contribution in [2.75, 3.05) is 0 Å². The molecule has 0 saturated heterocycles. The van der Waals surface area contributed by atoms with E-state index in [1.807, 2.05) is 0 Å². The lowest BCUT2D eigenvalue weighted by Gasteiger charge is -2.33. The molecule has 94 valence electrons. The Labute approximate surface area is 107 Å². The monoisotopic (exact) mass is 254 g/mol. The largest absolute Gasteiger partial charge is 0.292 e. The van der Waals surface area contributed by atoms with Gasteiger partial charge in [-0.15, -0.1) is 0 Å². The van der Waals surface area contributed by atoms with Crippen molar-refractivity contribution >= 4 is 17.4 Å². The summed E-state index contributed by atoms with van der Waals surface area (Å²) in [7, 11) is 1.77. The number of carbonyl (C=O) groups is 1. The molecular formula is C13H19ClN2O. The lowest BCUT2D eigenvalue weighted by Crippen LogP contribution is -2.27. The molecular weight excluding hydrogens is 236 g/mol. The van der Waals surface area contributed by atoms with Crippen molar-refractivity contribution in [3.05, 3.63) is 16.9 Å². The third kappa shape index (κ3) is 2.54. The normalized spacial score (nSPS) is 20.5. The molecule has 0 unspecified atom stereocenters. The van der Waals surface area contributed by atoms with E-state index in [1.54, 1.807) is 17.9 Å². The zero-order valence-electron chi connectivity index (χ0n) is 10.7. The molecule has 0 N–H and O–H groups in total. The molecule has 1 heterocycles. The van der Waals surface area contributed by atoms with Crippen LogP contribution in [-0.2, 0) is 7.05 Å². The minimum atomic E-state index is 0.121. The third-order valence-corrected chi connectivity index (χ3v) is 4.11. The highest BCUT2D eigenvalue weighted by molar-refractivity contribution is 6.33. The minimum absolute atomic E-state index is 0.121. The first-order chi connectivity index (χ1) is 7.91. The van der Waals surface area contributed by atoms with Gasteiger partial charge >= 0.3 is 0 Å². The molecule has 1 aliphatic rings. The number of aromatic nitrogens is 2. The Morgan fingerprint density at radius 1 is 1.47 bits per heavy atom. The van der Waals surface area contributed by atoms with Crippen LogP contribution in [0.5, 0.6) is 0 Å². The van der Waals surface area contributed by atoms with E-state index >= 15 is 0 Å². The van der Waals surface area contributed by atoms with E-state index in [-0.39, 0.29) is 11.7 Å². The van der Waals surface area contributed by atoms with Crippen molar-refractivity contribution < 1.29 is 4.79 Å². The summed E-state index contributed by atoms with van der Waals surface area (Å²) < 4.78 is 1.59. The van der Waals surface area contributed by atoms with Crippen molar-refractivity contribution in [1.82, 2.24) is 9.78 Å². The number of ketones is 1. The standard InChI is InChI=1S/C13H19ClN2O/c1-13(2)6-4-9(5-7-13)12(17)11-10(14)8-15-16(11)3/h8-9H,4-7H2,1-3H3. The number of hydrogen-bond donors (Lipinski definition) is 0. The van der Waals surface area contributed by atoms with Crippen molar-refractivity contribution in [1.29, 1.82) is 0 Å². The van der Waals surface area contributed by atoms with Crippen LogP contribution in [0, 0.1) is 11.3 Å². The van der Waals surface area contributed by atoms with Crippen molar-refractivity contribution in [3.8, 4) is 0 Å². The van der Waals surface area contributed by atoms with Gasteiger partial charge in [0, 0.05) is 13.0 Å². The maximum absolute atomic E-state index is 12.4. The van der Waals surface area contributed by atoms with Gasteiger partial charge < -0.3 is 0 Å². The molecule has 0 bridgehead atoms. The molecule has 1 aromatic rings. The van der Waals surface area contributed by atoms with Gasteiger partial charge in [-0.25, -0.2) is 0 Å². The van der Waals surface area contributed by atoms with Crippen molar-refractivity contribution in [3.63, 3.8) is 0 Å². The third-order valence-electron chi connectivity index (χ3n) is 3.84. The lowest BCUT2D eigenvalue weighted by atomic mass is 9.72. The Morgan fingerprint density at radius 2 is 2.06 bits per heavy atom. The summed E-state index contributed by atoms with van der Waals surface area (Å²) in [6.45, 7) is 4.54. The number of rotatable bonds is 2. The second-order valence-corrected chi connectivity index (χ2v) is 6.17. The molecule has 2 rings (SSSR count). The van der Waals surface area contributed by atoms with Gasteiger partial charge in [-0.2, -0.15) is 5.10 Å². The first-order valence-electron chi connectivity index (χ1n) is 6.12. The average molecular weight is 255 g/mol. The van der Waals surface area contributed by atoms with Crippen LogP contribution in [0.15, 0.2) is 6.20 Å². The average Bonchev–Trinajstić information content (AvgIpc) is 2.58. The molecule has 0 atom stereocenters. The fraction of sp³-hybridized carbons (Fsp3) is 0.692. The predicted molar refractivity (Wildman–Crippen MR) is 68.3 cm³/mol. The van der Waals surface area contributed by atoms with Gasteiger partial charge in [-0.1, -0.05) is 25.4 Å². The van der Waals surface area contributed by atoms with Gasteiger partial charge in [0.2, 0.25) is 0 Å². The van der Waals surface area contributed by atoms with Crippen LogP contribution >= 0.6 is 11.6 Å². The van der Waals surface area contributed by atoms with Crippen molar-refractivity contribution in [2.24, 2.45) is 18.4 Å². The highest BCUT2D eigenvalue weighted by Gasteiger charge is 2.32. The van der Waals surface area contributed by atoms with Gasteiger partial charge in [-0.05, 0) is 31.1 Å². The first kappa shape index (κ1) is 12.6. The second kappa shape index (κ2) is 4.45. The highest BCUT2D eigenvalue weighted by atomic mass is 35.5. The van der Waals surface area contributed by atoms with Crippen LogP contribution in [0.4, 0.5) is 0 Å². The Morgan fingerprint density at radius 3 is 2.53 bits per heavy atom. The maximum atomic E-state index is 12.4. The van der Waals surface area contributed by atoms with E-state index in [2.05, 4.69) is 18.9 Å². The summed E-state index contributed by atoms with van der Waals surface area (Å²) in [5.74, 6) is 0.279. The second-order valence-electron chi connectivity index (χ2n) is 5.77. The molecule has 3 nitrogen and oxygen atoms in total. The van der Waals surface area contributed by atoms with Gasteiger partial charge in [0.1, 0.15) is 5.69 Å². The van der Waals surface area contributed by atoms with Crippen LogP contribution in [0.1, 0.15) is 50.0 Å². The smallest absolute Gasteiger partial charge is 0.185 e. The topological polar surface area (TPSA) is 34.9 Å². The first-order valence-corrected chi connectivity index (χ1v) is 6.50. The van der Waals surface area contributed by atoms with E-state index in [9.17, 15) is 4.79 Å². The van der Waals surface area contributed by atoms with Gasteiger partial charge in [0.25, 0.3) is 0 Å². The fourth-order valence-corrected chi connectivity index (χ4v) is 2.80. The highest BCUT2D eigenvalue weighted by Crippen LogP contribution is 2.39. The molecule has 1 aliphatic carbocycles. The van der Waals surface area contributed by atoms with Crippen LogP contribution in [0.3, 0.4) is 0 Å². The molecule has 0 aromatic carbocycles. The quantitative estimate of drug-likeness (QED) is 0.758. The summed E-state index contributed by atoms with van der Waals surface area (Å²) in [4.78, 5) is 12.4. The molecule has 1 saturated carbocycles. The zero-order valence-corrected chi connectivity index (χ0v) is 11.4. The number of Topliss-reactive ketones (excluding diaryl/α,β-unsaturated/α-hetero) is 1. The fourth-order valence-electron chi connectivity index (χ4n) is 2.54. The van der Waals surface area contributed by atoms with Gasteiger partial charge in [-0.3, -0.25) is 9.48 Å².